The number of ether oxygens (including phenoxy) is 2. The average molecular weight is 469 g/mol. The van der Waals surface area contributed by atoms with Crippen molar-refractivity contribution >= 4 is 23.1 Å². The van der Waals surface area contributed by atoms with E-state index in [-0.39, 0.29) is 33.9 Å². The second kappa shape index (κ2) is 8.93. The highest BCUT2D eigenvalue weighted by molar-refractivity contribution is 6.51. The van der Waals surface area contributed by atoms with Gasteiger partial charge in [0.1, 0.15) is 28.6 Å². The van der Waals surface area contributed by atoms with Crippen LogP contribution in [0.15, 0.2) is 66.2 Å². The van der Waals surface area contributed by atoms with E-state index in [1.807, 2.05) is 0 Å². The zero-order valence-corrected chi connectivity index (χ0v) is 18.0. The lowest BCUT2D eigenvalue weighted by molar-refractivity contribution is -0.132. The van der Waals surface area contributed by atoms with Crippen LogP contribution in [0.2, 0.25) is 0 Å². The van der Waals surface area contributed by atoms with E-state index in [4.69, 9.17) is 9.47 Å². The number of rotatable bonds is 5. The van der Waals surface area contributed by atoms with Crippen molar-refractivity contribution in [3.05, 3.63) is 94.8 Å². The molecule has 1 saturated heterocycles. The maximum Gasteiger partial charge on any atom is 0.300 e. The van der Waals surface area contributed by atoms with Gasteiger partial charge in [0, 0.05) is 11.8 Å². The first-order valence-corrected chi connectivity index (χ1v) is 10.0. The number of halogens is 3. The summed E-state index contributed by atoms with van der Waals surface area (Å²) in [4.78, 5) is 27.2. The highest BCUT2D eigenvalue weighted by atomic mass is 19.2. The highest BCUT2D eigenvalue weighted by Gasteiger charge is 2.47. The molecule has 1 heterocycles. The fourth-order valence-corrected chi connectivity index (χ4v) is 3.91. The lowest BCUT2D eigenvalue weighted by Gasteiger charge is -2.25. The molecule has 1 N–H and O–H groups in total. The number of nitrogens with zero attached hydrogens (tertiary/aromatic N) is 1. The summed E-state index contributed by atoms with van der Waals surface area (Å²) in [5, 5.41) is 11.3. The Morgan fingerprint density at radius 1 is 0.882 bits per heavy atom. The lowest BCUT2D eigenvalue weighted by Crippen LogP contribution is -2.29. The predicted octanol–water partition coefficient (Wildman–Crippen LogP) is 4.75. The first kappa shape index (κ1) is 22.9. The Morgan fingerprint density at radius 2 is 1.50 bits per heavy atom. The van der Waals surface area contributed by atoms with E-state index in [0.29, 0.717) is 0 Å². The molecule has 1 aliphatic rings. The van der Waals surface area contributed by atoms with Gasteiger partial charge in [-0.1, -0.05) is 18.2 Å². The summed E-state index contributed by atoms with van der Waals surface area (Å²) in [6.45, 7) is 0. The molecule has 0 saturated carbocycles. The molecule has 9 heteroatoms. The highest BCUT2D eigenvalue weighted by Crippen LogP contribution is 2.45. The molecule has 1 amide bonds. The molecule has 0 aliphatic carbocycles. The van der Waals surface area contributed by atoms with Crippen LogP contribution in [0.3, 0.4) is 0 Å². The Hall–Kier alpha value is -4.27. The minimum Gasteiger partial charge on any atom is -0.506 e. The molecule has 0 spiro atoms. The topological polar surface area (TPSA) is 76.1 Å². The first-order valence-electron chi connectivity index (χ1n) is 10.0. The van der Waals surface area contributed by atoms with Crippen molar-refractivity contribution in [1.29, 1.82) is 0 Å². The molecule has 3 aromatic carbocycles. The second-order valence-electron chi connectivity index (χ2n) is 7.36. The third kappa shape index (κ3) is 3.75. The maximum atomic E-state index is 14.0. The third-order valence-corrected chi connectivity index (χ3v) is 5.48. The normalized spacial score (nSPS) is 17.2. The Balaban J connectivity index is 2.01. The van der Waals surface area contributed by atoms with Gasteiger partial charge in [0.2, 0.25) is 0 Å². The van der Waals surface area contributed by atoms with E-state index < -0.39 is 40.9 Å². The number of carbonyl (C=O) groups excluding carboxylic acids is 2. The molecule has 0 bridgehead atoms. The number of carbonyl (C=O) groups is 2. The van der Waals surface area contributed by atoms with Gasteiger partial charge in [0.15, 0.2) is 11.6 Å². The molecule has 1 fully saturated rings. The van der Waals surface area contributed by atoms with Gasteiger partial charge in [0.25, 0.3) is 11.7 Å². The number of methoxy groups -OCH3 is 2. The van der Waals surface area contributed by atoms with Crippen LogP contribution in [0, 0.1) is 17.5 Å². The van der Waals surface area contributed by atoms with Crippen LogP contribution in [-0.2, 0) is 9.59 Å². The van der Waals surface area contributed by atoms with Gasteiger partial charge in [-0.15, -0.1) is 0 Å². The maximum absolute atomic E-state index is 14.0. The number of anilines is 1. The molecule has 34 heavy (non-hydrogen) atoms. The molecule has 6 nitrogen and oxygen atoms in total. The standard InChI is InChI=1S/C25H18F3NO5/c1-33-18-4-3-5-19(34-2)20(18)23(30)21-22(13-6-8-14(26)9-7-13)29(25(32)24(21)31)15-10-11-16(27)17(28)12-15/h3-12,22,30H,1-2H3/b23-21+. The zero-order valence-electron chi connectivity index (χ0n) is 18.0. The van der Waals surface area contributed by atoms with E-state index in [2.05, 4.69) is 0 Å². The van der Waals surface area contributed by atoms with E-state index in [9.17, 15) is 27.9 Å². The fourth-order valence-electron chi connectivity index (χ4n) is 3.91. The molecular weight excluding hydrogens is 451 g/mol. The summed E-state index contributed by atoms with van der Waals surface area (Å²) in [5.74, 6) is -5.39. The summed E-state index contributed by atoms with van der Waals surface area (Å²) in [6, 6.07) is 11.0. The SMILES string of the molecule is COc1cccc(OC)c1/C(O)=C1\C(=O)C(=O)N(c2ccc(F)c(F)c2)C1c1ccc(F)cc1. The third-order valence-electron chi connectivity index (χ3n) is 5.48. The Morgan fingerprint density at radius 3 is 2.06 bits per heavy atom. The Kier molecular flexibility index (Phi) is 6.02. The molecule has 1 aliphatic heterocycles. The average Bonchev–Trinajstić information content (AvgIpc) is 3.10. The second-order valence-corrected chi connectivity index (χ2v) is 7.36. The number of benzene rings is 3. The monoisotopic (exact) mass is 469 g/mol. The van der Waals surface area contributed by atoms with Crippen molar-refractivity contribution in [3.63, 3.8) is 0 Å². The number of amides is 1. The summed E-state index contributed by atoms with van der Waals surface area (Å²) >= 11 is 0. The van der Waals surface area contributed by atoms with Crippen molar-refractivity contribution in [2.75, 3.05) is 19.1 Å². The van der Waals surface area contributed by atoms with Gasteiger partial charge in [-0.05, 0) is 42.0 Å². The number of hydrogen-bond donors (Lipinski definition) is 1. The van der Waals surface area contributed by atoms with E-state index >= 15 is 0 Å². The molecule has 1 unspecified atom stereocenters. The van der Waals surface area contributed by atoms with Crippen LogP contribution in [-0.4, -0.2) is 31.0 Å². The molecule has 1 atom stereocenters. The Labute approximate surface area is 192 Å². The summed E-state index contributed by atoms with van der Waals surface area (Å²) in [5.41, 5.74) is -0.214. The zero-order chi connectivity index (χ0) is 24.6. The minimum atomic E-state index is -1.28. The predicted molar refractivity (Wildman–Crippen MR) is 117 cm³/mol. The van der Waals surface area contributed by atoms with Gasteiger partial charge >= 0.3 is 0 Å². The van der Waals surface area contributed by atoms with Crippen LogP contribution in [0.4, 0.5) is 18.9 Å². The van der Waals surface area contributed by atoms with Crippen molar-refractivity contribution in [2.45, 2.75) is 6.04 Å². The Bertz CT molecular complexity index is 1300. The van der Waals surface area contributed by atoms with Crippen LogP contribution in [0.1, 0.15) is 17.2 Å². The van der Waals surface area contributed by atoms with Gasteiger partial charge in [-0.25, -0.2) is 13.2 Å². The first-order chi connectivity index (χ1) is 16.3. The van der Waals surface area contributed by atoms with Gasteiger partial charge in [-0.3, -0.25) is 14.5 Å². The molecule has 4 rings (SSSR count). The number of aliphatic hydroxyl groups excluding tert-OH is 1. The molecule has 174 valence electrons. The van der Waals surface area contributed by atoms with Crippen LogP contribution in [0.5, 0.6) is 11.5 Å². The lowest BCUT2D eigenvalue weighted by atomic mass is 9.94. The number of hydrogen-bond acceptors (Lipinski definition) is 5. The van der Waals surface area contributed by atoms with Crippen LogP contribution < -0.4 is 14.4 Å². The van der Waals surface area contributed by atoms with Crippen LogP contribution >= 0.6 is 0 Å². The molecule has 0 radical (unpaired) electrons. The molecule has 0 aromatic heterocycles. The minimum absolute atomic E-state index is 0.0166. The van der Waals surface area contributed by atoms with Crippen molar-refractivity contribution < 1.29 is 37.3 Å². The van der Waals surface area contributed by atoms with Gasteiger partial charge in [0.05, 0.1) is 25.8 Å². The van der Waals surface area contributed by atoms with Crippen LogP contribution in [0.25, 0.3) is 5.76 Å². The van der Waals surface area contributed by atoms with Crippen molar-refractivity contribution in [3.8, 4) is 11.5 Å². The van der Waals surface area contributed by atoms with Crippen molar-refractivity contribution in [1.82, 2.24) is 0 Å². The summed E-state index contributed by atoms with van der Waals surface area (Å²) in [6.07, 6.45) is 0. The van der Waals surface area contributed by atoms with E-state index in [0.717, 1.165) is 35.2 Å². The van der Waals surface area contributed by atoms with E-state index in [1.54, 1.807) is 6.07 Å². The smallest absolute Gasteiger partial charge is 0.300 e. The summed E-state index contributed by atoms with van der Waals surface area (Å²) < 4.78 is 51.8. The molecule has 3 aromatic rings. The van der Waals surface area contributed by atoms with Gasteiger partial charge in [-0.2, -0.15) is 0 Å². The molecular formula is C25H18F3NO5. The number of ketones is 1. The summed E-state index contributed by atoms with van der Waals surface area (Å²) in [7, 11) is 2.70. The van der Waals surface area contributed by atoms with Crippen molar-refractivity contribution in [2.24, 2.45) is 0 Å². The number of Topliss-reactive ketones (excluding diaryl/α,β-unsaturated/α-hetero) is 1. The largest absolute Gasteiger partial charge is 0.506 e. The quantitative estimate of drug-likeness (QED) is 0.332. The van der Waals surface area contributed by atoms with E-state index in [1.165, 1.54) is 38.5 Å². The fraction of sp³-hybridized carbons (Fsp3) is 0.120. The number of aliphatic hydroxyl groups is 1. The van der Waals surface area contributed by atoms with Gasteiger partial charge < -0.3 is 14.6 Å².